The van der Waals surface area contributed by atoms with Gasteiger partial charge in [0.25, 0.3) is 0 Å². The van der Waals surface area contributed by atoms with Crippen LogP contribution in [0.3, 0.4) is 0 Å². The third-order valence-corrected chi connectivity index (χ3v) is 7.48. The average Bonchev–Trinajstić information content (AvgIpc) is 2.80. The van der Waals surface area contributed by atoms with E-state index in [2.05, 4.69) is 63.9 Å². The van der Waals surface area contributed by atoms with E-state index < -0.39 is 0 Å². The molecule has 1 aromatic carbocycles. The van der Waals surface area contributed by atoms with Crippen molar-refractivity contribution in [2.45, 2.75) is 64.1 Å². The fourth-order valence-electron chi connectivity index (χ4n) is 5.53. The monoisotopic (exact) mass is 430 g/mol. The lowest BCUT2D eigenvalue weighted by molar-refractivity contribution is -0.122. The number of amides is 1. The van der Waals surface area contributed by atoms with E-state index in [1.165, 1.54) is 40.8 Å². The summed E-state index contributed by atoms with van der Waals surface area (Å²) in [6.45, 7) is 11.4. The van der Waals surface area contributed by atoms with Gasteiger partial charge in [-0.15, -0.1) is 0 Å². The number of rotatable bonds is 4. The number of aryl methyl sites for hydroxylation is 1. The van der Waals surface area contributed by atoms with Crippen molar-refractivity contribution in [3.63, 3.8) is 0 Å². The molecular weight excluding hydrogens is 396 g/mol. The van der Waals surface area contributed by atoms with Crippen molar-refractivity contribution in [3.05, 3.63) is 76.8 Å². The van der Waals surface area contributed by atoms with E-state index in [0.29, 0.717) is 12.3 Å². The topological polar surface area (TPSA) is 48.5 Å². The Kier molecular flexibility index (Phi) is 6.11. The largest absolute Gasteiger partial charge is 0.329 e. The van der Waals surface area contributed by atoms with Crippen molar-refractivity contribution in [2.75, 3.05) is 19.6 Å². The molecule has 1 unspecified atom stereocenters. The van der Waals surface area contributed by atoms with Crippen LogP contribution in [0.15, 0.2) is 48.8 Å². The third-order valence-electron chi connectivity index (χ3n) is 7.48. The maximum atomic E-state index is 11.7. The minimum atomic E-state index is 0.107. The van der Waals surface area contributed by atoms with Crippen molar-refractivity contribution in [1.29, 1.82) is 0 Å². The van der Waals surface area contributed by atoms with Crippen molar-refractivity contribution in [2.24, 2.45) is 0 Å². The minimum Gasteiger partial charge on any atom is -0.329 e. The number of aromatic nitrogens is 1. The molecule has 3 aliphatic rings. The normalized spacial score (nSPS) is 23.1. The van der Waals surface area contributed by atoms with Gasteiger partial charge < -0.3 is 5.32 Å². The summed E-state index contributed by atoms with van der Waals surface area (Å²) in [5.41, 5.74) is 7.70. The summed E-state index contributed by atoms with van der Waals surface area (Å²) < 4.78 is 0. The molecule has 2 fully saturated rings. The molecule has 1 aromatic heterocycles. The molecule has 0 radical (unpaired) electrons. The number of pyridine rings is 1. The molecule has 2 saturated heterocycles. The van der Waals surface area contributed by atoms with Gasteiger partial charge in [-0.05, 0) is 79.9 Å². The second-order valence-corrected chi connectivity index (χ2v) is 9.75. The summed E-state index contributed by atoms with van der Waals surface area (Å²) >= 11 is 0. The number of piperidine rings is 2. The molecule has 32 heavy (non-hydrogen) atoms. The third kappa shape index (κ3) is 4.64. The summed E-state index contributed by atoms with van der Waals surface area (Å²) in [4.78, 5) is 21.3. The molecule has 168 valence electrons. The Morgan fingerprint density at radius 2 is 1.91 bits per heavy atom. The van der Waals surface area contributed by atoms with Crippen molar-refractivity contribution < 1.29 is 4.79 Å². The summed E-state index contributed by atoms with van der Waals surface area (Å²) in [7, 11) is 0. The Labute approximate surface area is 191 Å². The van der Waals surface area contributed by atoms with Gasteiger partial charge >= 0.3 is 0 Å². The van der Waals surface area contributed by atoms with E-state index in [9.17, 15) is 4.79 Å². The summed E-state index contributed by atoms with van der Waals surface area (Å²) in [5.74, 6) is 0.747. The highest BCUT2D eigenvalue weighted by Crippen LogP contribution is 2.32. The highest BCUT2D eigenvalue weighted by atomic mass is 16.1. The van der Waals surface area contributed by atoms with Crippen LogP contribution in [-0.2, 0) is 24.3 Å². The van der Waals surface area contributed by atoms with Gasteiger partial charge in [-0.2, -0.15) is 0 Å². The number of fused-ring (bicyclic) bond motifs is 1. The second-order valence-electron chi connectivity index (χ2n) is 9.75. The molecule has 4 heterocycles. The van der Waals surface area contributed by atoms with E-state index >= 15 is 0 Å². The molecule has 0 bridgehead atoms. The number of nitrogens with zero attached hydrogens (tertiary/aromatic N) is 3. The number of benzene rings is 1. The van der Waals surface area contributed by atoms with Crippen LogP contribution >= 0.6 is 0 Å². The van der Waals surface area contributed by atoms with Gasteiger partial charge in [-0.3, -0.25) is 19.6 Å². The first kappa shape index (κ1) is 21.4. The highest BCUT2D eigenvalue weighted by Gasteiger charge is 2.30. The zero-order valence-electron chi connectivity index (χ0n) is 19.1. The maximum absolute atomic E-state index is 11.7. The first-order valence-electron chi connectivity index (χ1n) is 12.0. The molecule has 0 saturated carbocycles. The molecule has 5 rings (SSSR count). The molecule has 5 heteroatoms. The van der Waals surface area contributed by atoms with Gasteiger partial charge in [0, 0.05) is 37.9 Å². The van der Waals surface area contributed by atoms with Gasteiger partial charge in [0.05, 0.1) is 11.7 Å². The molecule has 0 spiro atoms. The van der Waals surface area contributed by atoms with Gasteiger partial charge in [-0.25, -0.2) is 0 Å². The molecule has 1 atom stereocenters. The quantitative estimate of drug-likeness (QED) is 0.799. The summed E-state index contributed by atoms with van der Waals surface area (Å²) in [5, 5.41) is 2.95. The zero-order valence-corrected chi connectivity index (χ0v) is 19.1. The Hall–Kier alpha value is -2.50. The van der Waals surface area contributed by atoms with Crippen LogP contribution in [-0.4, -0.2) is 46.4 Å². The number of carbonyl (C=O) groups is 1. The molecular formula is C27H34N4O. The number of nitrogens with one attached hydrogen (secondary N) is 1. The predicted molar refractivity (Wildman–Crippen MR) is 127 cm³/mol. The molecule has 3 aliphatic heterocycles. The number of likely N-dealkylation sites (tertiary alicyclic amines) is 1. The summed E-state index contributed by atoms with van der Waals surface area (Å²) in [6.07, 6.45) is 6.95. The van der Waals surface area contributed by atoms with Crippen LogP contribution in [0.25, 0.3) is 0 Å². The number of carbonyl (C=O) groups excluding carboxylic acids is 1. The fraction of sp³-hybridized carbons (Fsp3) is 0.481. The van der Waals surface area contributed by atoms with Crippen LogP contribution in [0, 0.1) is 6.92 Å². The Bertz CT molecular complexity index is 991. The van der Waals surface area contributed by atoms with E-state index in [1.807, 2.05) is 6.20 Å². The van der Waals surface area contributed by atoms with E-state index in [0.717, 1.165) is 51.3 Å². The van der Waals surface area contributed by atoms with Gasteiger partial charge in [0.15, 0.2) is 0 Å². The van der Waals surface area contributed by atoms with Crippen LogP contribution < -0.4 is 5.32 Å². The van der Waals surface area contributed by atoms with Crippen molar-refractivity contribution >= 4 is 5.91 Å². The lowest BCUT2D eigenvalue weighted by Crippen LogP contribution is -2.47. The number of hydrogen-bond donors (Lipinski definition) is 1. The van der Waals surface area contributed by atoms with Gasteiger partial charge in [-0.1, -0.05) is 30.8 Å². The second kappa shape index (κ2) is 9.16. The van der Waals surface area contributed by atoms with Crippen LogP contribution in [0.1, 0.15) is 59.5 Å². The van der Waals surface area contributed by atoms with Crippen LogP contribution in [0.5, 0.6) is 0 Å². The Morgan fingerprint density at radius 3 is 2.66 bits per heavy atom. The highest BCUT2D eigenvalue weighted by molar-refractivity contribution is 5.79. The standard InChI is InChI=1S/C27H34N4O/c1-19-3-6-25(28-16-19)18-30-12-9-22(10-13-30)23-5-4-21-11-14-31(17-24(21)15-23)26-7-8-27(32)29-20(26)2/h3-6,15-16,22,26H,2,7-14,17-18H2,1H3,(H,29,32). The first-order valence-corrected chi connectivity index (χ1v) is 12.0. The summed E-state index contributed by atoms with van der Waals surface area (Å²) in [6, 6.07) is 11.8. The fourth-order valence-corrected chi connectivity index (χ4v) is 5.53. The average molecular weight is 431 g/mol. The first-order chi connectivity index (χ1) is 15.5. The van der Waals surface area contributed by atoms with E-state index in [-0.39, 0.29) is 11.9 Å². The molecule has 0 aliphatic carbocycles. The maximum Gasteiger partial charge on any atom is 0.224 e. The molecule has 2 aromatic rings. The van der Waals surface area contributed by atoms with Crippen LogP contribution in [0.2, 0.25) is 0 Å². The van der Waals surface area contributed by atoms with Crippen molar-refractivity contribution in [3.8, 4) is 0 Å². The number of hydrogen-bond acceptors (Lipinski definition) is 4. The molecule has 5 nitrogen and oxygen atoms in total. The van der Waals surface area contributed by atoms with E-state index in [4.69, 9.17) is 0 Å². The zero-order chi connectivity index (χ0) is 22.1. The predicted octanol–water partition coefficient (Wildman–Crippen LogP) is 3.92. The van der Waals surface area contributed by atoms with Gasteiger partial charge in [0.2, 0.25) is 5.91 Å². The Morgan fingerprint density at radius 1 is 1.06 bits per heavy atom. The lowest BCUT2D eigenvalue weighted by Gasteiger charge is -2.39. The molecule has 1 amide bonds. The van der Waals surface area contributed by atoms with Gasteiger partial charge in [0.1, 0.15) is 0 Å². The Balaban J connectivity index is 1.21. The lowest BCUT2D eigenvalue weighted by atomic mass is 9.86. The van der Waals surface area contributed by atoms with E-state index in [1.54, 1.807) is 0 Å². The smallest absolute Gasteiger partial charge is 0.224 e. The molecule has 1 N–H and O–H groups in total. The van der Waals surface area contributed by atoms with Crippen LogP contribution in [0.4, 0.5) is 0 Å². The SMILES string of the molecule is C=C1NC(=O)CCC1N1CCc2ccc(C3CCN(Cc4ccc(C)cn4)CC3)cc2C1. The minimum absolute atomic E-state index is 0.107. The van der Waals surface area contributed by atoms with Crippen molar-refractivity contribution in [1.82, 2.24) is 20.1 Å².